The van der Waals surface area contributed by atoms with Crippen molar-refractivity contribution < 1.29 is 29.3 Å². The van der Waals surface area contributed by atoms with Crippen molar-refractivity contribution in [2.75, 3.05) is 13.7 Å². The predicted octanol–water partition coefficient (Wildman–Crippen LogP) is 3.97. The van der Waals surface area contributed by atoms with Gasteiger partial charge in [0.15, 0.2) is 6.10 Å². The maximum Gasteiger partial charge on any atom is 0.254 e. The summed E-state index contributed by atoms with van der Waals surface area (Å²) in [6.45, 7) is 10.1. The van der Waals surface area contributed by atoms with Gasteiger partial charge in [-0.25, -0.2) is 0 Å². The highest BCUT2D eigenvalue weighted by Crippen LogP contribution is 2.37. The lowest BCUT2D eigenvalue weighted by Gasteiger charge is -2.34. The lowest BCUT2D eigenvalue weighted by Crippen LogP contribution is -2.57. The zero-order chi connectivity index (χ0) is 32.2. The molecule has 1 aliphatic rings. The Kier molecular flexibility index (Phi) is 9.99. The Morgan fingerprint density at radius 1 is 1.00 bits per heavy atom. The number of phenols is 1. The minimum atomic E-state index is -1.64. The SMILES string of the molecule is COc1ccc(C[C@H](NC(=O)c2cccc(O)c2C)[C@H](O)C(=O)N2CCC(C)(C)[C@H]2C(=O)NCc2c(C)cccc2C)cc1. The second-order valence-electron chi connectivity index (χ2n) is 12.3. The van der Waals surface area contributed by atoms with Crippen molar-refractivity contribution in [2.24, 2.45) is 5.41 Å². The molecule has 3 atom stereocenters. The molecule has 0 aliphatic carbocycles. The molecule has 3 amide bonds. The predicted molar refractivity (Wildman–Crippen MR) is 168 cm³/mol. The number of methoxy groups -OCH3 is 1. The lowest BCUT2D eigenvalue weighted by atomic mass is 9.84. The minimum absolute atomic E-state index is 0.0324. The van der Waals surface area contributed by atoms with E-state index in [-0.39, 0.29) is 23.6 Å². The number of aromatic hydroxyl groups is 1. The molecule has 9 heteroatoms. The van der Waals surface area contributed by atoms with E-state index in [0.29, 0.717) is 30.8 Å². The number of benzene rings is 3. The third-order valence-electron chi connectivity index (χ3n) is 8.78. The highest BCUT2D eigenvalue weighted by atomic mass is 16.5. The van der Waals surface area contributed by atoms with Gasteiger partial charge in [0.1, 0.15) is 17.5 Å². The quantitative estimate of drug-likeness (QED) is 0.279. The number of phenolic OH excluding ortho intramolecular Hbond substituents is 1. The molecule has 44 heavy (non-hydrogen) atoms. The molecule has 0 aromatic heterocycles. The molecule has 1 fully saturated rings. The number of carbonyl (C=O) groups excluding carboxylic acids is 3. The van der Waals surface area contributed by atoms with Gasteiger partial charge in [0.2, 0.25) is 5.91 Å². The van der Waals surface area contributed by atoms with Gasteiger partial charge in [-0.2, -0.15) is 0 Å². The van der Waals surface area contributed by atoms with Gasteiger partial charge in [-0.3, -0.25) is 14.4 Å². The first kappa shape index (κ1) is 32.5. The van der Waals surface area contributed by atoms with Crippen LogP contribution in [0, 0.1) is 26.2 Å². The number of likely N-dealkylation sites (tertiary alicyclic amines) is 1. The van der Waals surface area contributed by atoms with Crippen molar-refractivity contribution in [3.8, 4) is 11.5 Å². The zero-order valence-electron chi connectivity index (χ0n) is 26.3. The standard InChI is InChI=1S/C35H43N3O6/c1-21-9-7-10-22(2)27(21)20-36-33(42)31-35(4,5)17-18-38(31)34(43)30(40)28(19-24-13-15-25(44-6)16-14-24)37-32(41)26-11-8-12-29(39)23(26)3/h7-16,28,30-31,39-40H,17-20H2,1-6H3,(H,36,42)(H,37,41)/t28-,30-,31+/m0/s1. The first-order valence-electron chi connectivity index (χ1n) is 14.9. The number of nitrogens with zero attached hydrogens (tertiary/aromatic N) is 1. The molecule has 4 N–H and O–H groups in total. The summed E-state index contributed by atoms with van der Waals surface area (Å²) in [6.07, 6.45) is -0.923. The smallest absolute Gasteiger partial charge is 0.254 e. The molecule has 0 bridgehead atoms. The Bertz CT molecular complexity index is 1500. The molecule has 234 valence electrons. The third kappa shape index (κ3) is 7.05. The molecule has 3 aromatic rings. The molecule has 0 unspecified atom stereocenters. The van der Waals surface area contributed by atoms with E-state index < -0.39 is 35.4 Å². The summed E-state index contributed by atoms with van der Waals surface area (Å²) in [7, 11) is 1.56. The van der Waals surface area contributed by atoms with Gasteiger partial charge >= 0.3 is 0 Å². The van der Waals surface area contributed by atoms with E-state index in [0.717, 1.165) is 22.3 Å². The van der Waals surface area contributed by atoms with Crippen LogP contribution >= 0.6 is 0 Å². The van der Waals surface area contributed by atoms with E-state index >= 15 is 0 Å². The first-order chi connectivity index (χ1) is 20.8. The van der Waals surface area contributed by atoms with Gasteiger partial charge in [0.05, 0.1) is 13.2 Å². The van der Waals surface area contributed by atoms with E-state index in [9.17, 15) is 24.6 Å². The van der Waals surface area contributed by atoms with Crippen molar-refractivity contribution in [3.63, 3.8) is 0 Å². The number of aliphatic hydroxyl groups is 1. The van der Waals surface area contributed by atoms with Crippen LogP contribution in [0.4, 0.5) is 0 Å². The number of nitrogens with one attached hydrogen (secondary N) is 2. The van der Waals surface area contributed by atoms with Crippen LogP contribution < -0.4 is 15.4 Å². The second kappa shape index (κ2) is 13.5. The molecule has 9 nitrogen and oxygen atoms in total. The van der Waals surface area contributed by atoms with Gasteiger partial charge < -0.3 is 30.5 Å². The second-order valence-corrected chi connectivity index (χ2v) is 12.3. The van der Waals surface area contributed by atoms with Crippen LogP contribution in [0.15, 0.2) is 60.7 Å². The Labute approximate surface area is 259 Å². The Morgan fingerprint density at radius 3 is 2.27 bits per heavy atom. The summed E-state index contributed by atoms with van der Waals surface area (Å²) in [4.78, 5) is 42.5. The number of amides is 3. The first-order valence-corrected chi connectivity index (χ1v) is 14.9. The lowest BCUT2D eigenvalue weighted by molar-refractivity contribution is -0.148. The van der Waals surface area contributed by atoms with Gasteiger partial charge in [-0.15, -0.1) is 0 Å². The Morgan fingerprint density at radius 2 is 1.64 bits per heavy atom. The fourth-order valence-electron chi connectivity index (χ4n) is 5.94. The largest absolute Gasteiger partial charge is 0.508 e. The van der Waals surface area contributed by atoms with Crippen LogP contribution in [-0.2, 0) is 22.6 Å². The molecule has 3 aromatic carbocycles. The third-order valence-corrected chi connectivity index (χ3v) is 8.78. The number of rotatable bonds is 10. The van der Waals surface area contributed by atoms with Crippen LogP contribution in [-0.4, -0.2) is 64.7 Å². The molecule has 0 spiro atoms. The van der Waals surface area contributed by atoms with Crippen molar-refractivity contribution in [1.82, 2.24) is 15.5 Å². The topological polar surface area (TPSA) is 128 Å². The van der Waals surface area contributed by atoms with Crippen molar-refractivity contribution in [2.45, 2.75) is 72.2 Å². The normalized spacial score (nSPS) is 17.1. The number of hydrogen-bond acceptors (Lipinski definition) is 6. The number of hydrogen-bond donors (Lipinski definition) is 4. The summed E-state index contributed by atoms with van der Waals surface area (Å²) in [6, 6.07) is 15.9. The number of carbonyl (C=O) groups is 3. The summed E-state index contributed by atoms with van der Waals surface area (Å²) in [5.74, 6) is -0.838. The average Bonchev–Trinajstić information content (AvgIpc) is 3.32. The van der Waals surface area contributed by atoms with Crippen molar-refractivity contribution in [1.29, 1.82) is 0 Å². The van der Waals surface area contributed by atoms with Gasteiger partial charge in [-0.1, -0.05) is 50.2 Å². The summed E-state index contributed by atoms with van der Waals surface area (Å²) >= 11 is 0. The Balaban J connectivity index is 1.58. The van der Waals surface area contributed by atoms with Gasteiger partial charge in [0.25, 0.3) is 11.8 Å². The monoisotopic (exact) mass is 601 g/mol. The summed E-state index contributed by atoms with van der Waals surface area (Å²) in [5.41, 5.74) is 4.01. The minimum Gasteiger partial charge on any atom is -0.508 e. The van der Waals surface area contributed by atoms with Crippen molar-refractivity contribution in [3.05, 3.63) is 94.0 Å². The number of ether oxygens (including phenoxy) is 1. The van der Waals surface area contributed by atoms with E-state index in [1.165, 1.54) is 11.0 Å². The van der Waals surface area contributed by atoms with E-state index in [2.05, 4.69) is 10.6 Å². The van der Waals surface area contributed by atoms with E-state index in [1.807, 2.05) is 45.9 Å². The van der Waals surface area contributed by atoms with Crippen molar-refractivity contribution >= 4 is 17.7 Å². The maximum absolute atomic E-state index is 14.0. The maximum atomic E-state index is 14.0. The van der Waals surface area contributed by atoms with Crippen LogP contribution in [0.3, 0.4) is 0 Å². The van der Waals surface area contributed by atoms with Gasteiger partial charge in [-0.05, 0) is 85.5 Å². The fraction of sp³-hybridized carbons (Fsp3) is 0.400. The molecule has 1 saturated heterocycles. The molecule has 1 aliphatic heterocycles. The summed E-state index contributed by atoms with van der Waals surface area (Å²) in [5, 5.41) is 27.6. The molecule has 4 rings (SSSR count). The fourth-order valence-corrected chi connectivity index (χ4v) is 5.94. The zero-order valence-corrected chi connectivity index (χ0v) is 26.3. The van der Waals surface area contributed by atoms with Crippen LogP contribution in [0.1, 0.15) is 58.4 Å². The van der Waals surface area contributed by atoms with Crippen LogP contribution in [0.2, 0.25) is 0 Å². The molecule has 0 radical (unpaired) electrons. The Hall–Kier alpha value is -4.37. The highest BCUT2D eigenvalue weighted by Gasteiger charge is 2.49. The van der Waals surface area contributed by atoms with Crippen LogP contribution in [0.25, 0.3) is 0 Å². The highest BCUT2D eigenvalue weighted by molar-refractivity contribution is 5.97. The van der Waals surface area contributed by atoms with E-state index in [1.54, 1.807) is 50.4 Å². The molecule has 0 saturated carbocycles. The molecular weight excluding hydrogens is 558 g/mol. The van der Waals surface area contributed by atoms with Crippen LogP contribution in [0.5, 0.6) is 11.5 Å². The molecule has 1 heterocycles. The van der Waals surface area contributed by atoms with E-state index in [4.69, 9.17) is 4.74 Å². The average molecular weight is 602 g/mol. The molecular formula is C35H43N3O6. The summed E-state index contributed by atoms with van der Waals surface area (Å²) < 4.78 is 5.25. The number of aryl methyl sites for hydroxylation is 2. The van der Waals surface area contributed by atoms with Gasteiger partial charge in [0, 0.05) is 24.2 Å². The number of aliphatic hydroxyl groups excluding tert-OH is 1.